The summed E-state index contributed by atoms with van der Waals surface area (Å²) in [6.45, 7) is 6.36. The molecule has 3 rings (SSSR count). The van der Waals surface area contributed by atoms with Gasteiger partial charge in [-0.1, -0.05) is 24.3 Å². The van der Waals surface area contributed by atoms with Gasteiger partial charge in [-0.05, 0) is 55.7 Å². The maximum absolute atomic E-state index is 4.68. The highest BCUT2D eigenvalue weighted by Gasteiger charge is 2.06. The second-order valence-corrected chi connectivity index (χ2v) is 6.19. The zero-order chi connectivity index (χ0) is 14.8. The van der Waals surface area contributed by atoms with Crippen molar-refractivity contribution in [2.75, 3.05) is 5.32 Å². The van der Waals surface area contributed by atoms with Gasteiger partial charge in [-0.15, -0.1) is 11.3 Å². The number of hydrogen-bond acceptors (Lipinski definition) is 3. The molecule has 1 aromatic heterocycles. The van der Waals surface area contributed by atoms with E-state index in [0.717, 1.165) is 16.5 Å². The van der Waals surface area contributed by atoms with Gasteiger partial charge in [0.2, 0.25) is 0 Å². The minimum absolute atomic E-state index is 0.925. The first kappa shape index (κ1) is 13.8. The Morgan fingerprint density at radius 2 is 1.81 bits per heavy atom. The average molecular weight is 294 g/mol. The van der Waals surface area contributed by atoms with Gasteiger partial charge >= 0.3 is 0 Å². The molecule has 0 aliphatic heterocycles. The quantitative estimate of drug-likeness (QED) is 0.692. The Balaban J connectivity index is 1.84. The van der Waals surface area contributed by atoms with Crippen LogP contribution < -0.4 is 5.32 Å². The molecular formula is C18H18N2S. The molecule has 0 amide bonds. The molecule has 0 fully saturated rings. The second-order valence-electron chi connectivity index (χ2n) is 5.33. The van der Waals surface area contributed by atoms with Gasteiger partial charge in [0, 0.05) is 16.6 Å². The van der Waals surface area contributed by atoms with Gasteiger partial charge in [-0.25, -0.2) is 4.98 Å². The fraction of sp³-hybridized carbons (Fsp3) is 0.167. The number of aryl methyl sites for hydroxylation is 3. The molecule has 2 aromatic carbocycles. The molecule has 0 bridgehead atoms. The third kappa shape index (κ3) is 3.14. The van der Waals surface area contributed by atoms with Gasteiger partial charge in [0.1, 0.15) is 0 Å². The molecule has 2 nitrogen and oxygen atoms in total. The summed E-state index contributed by atoms with van der Waals surface area (Å²) in [6, 6.07) is 14.8. The number of nitrogens with one attached hydrogen (secondary N) is 1. The van der Waals surface area contributed by atoms with Crippen LogP contribution in [0.1, 0.15) is 16.7 Å². The number of aromatic nitrogens is 1. The van der Waals surface area contributed by atoms with Gasteiger partial charge in [0.25, 0.3) is 0 Å². The van der Waals surface area contributed by atoms with E-state index >= 15 is 0 Å². The minimum atomic E-state index is 0.925. The number of anilines is 2. The maximum Gasteiger partial charge on any atom is 0.187 e. The zero-order valence-corrected chi connectivity index (χ0v) is 13.3. The molecule has 1 N–H and O–H groups in total. The lowest BCUT2D eigenvalue weighted by molar-refractivity contribution is 1.32. The second kappa shape index (κ2) is 5.70. The predicted molar refractivity (Wildman–Crippen MR) is 91.5 cm³/mol. The molecule has 3 aromatic rings. The third-order valence-electron chi connectivity index (χ3n) is 3.58. The van der Waals surface area contributed by atoms with Crippen LogP contribution in [0.25, 0.3) is 11.3 Å². The fourth-order valence-corrected chi connectivity index (χ4v) is 2.95. The SMILES string of the molecule is Cc1cccc(Nc2nc(-c3ccc(C)c(C)c3)cs2)c1. The summed E-state index contributed by atoms with van der Waals surface area (Å²) in [5, 5.41) is 6.39. The molecule has 0 spiro atoms. The highest BCUT2D eigenvalue weighted by atomic mass is 32.1. The van der Waals surface area contributed by atoms with Crippen molar-refractivity contribution in [3.05, 3.63) is 64.5 Å². The molecule has 21 heavy (non-hydrogen) atoms. The molecule has 0 aliphatic rings. The lowest BCUT2D eigenvalue weighted by atomic mass is 10.1. The topological polar surface area (TPSA) is 24.9 Å². The Morgan fingerprint density at radius 1 is 0.952 bits per heavy atom. The van der Waals surface area contributed by atoms with E-state index < -0.39 is 0 Å². The molecule has 106 valence electrons. The lowest BCUT2D eigenvalue weighted by Gasteiger charge is -2.04. The van der Waals surface area contributed by atoms with E-state index in [0.29, 0.717) is 0 Å². The predicted octanol–water partition coefficient (Wildman–Crippen LogP) is 5.48. The minimum Gasteiger partial charge on any atom is -0.332 e. The van der Waals surface area contributed by atoms with Crippen LogP contribution in [0.15, 0.2) is 47.8 Å². The average Bonchev–Trinajstić information content (AvgIpc) is 2.90. The smallest absolute Gasteiger partial charge is 0.187 e. The molecule has 3 heteroatoms. The number of thiazole rings is 1. The van der Waals surface area contributed by atoms with Crippen molar-refractivity contribution in [1.29, 1.82) is 0 Å². The van der Waals surface area contributed by atoms with Crippen molar-refractivity contribution >= 4 is 22.2 Å². The maximum atomic E-state index is 4.68. The summed E-state index contributed by atoms with van der Waals surface area (Å²) in [5.74, 6) is 0. The van der Waals surface area contributed by atoms with Crippen LogP contribution in [0.4, 0.5) is 10.8 Å². The summed E-state index contributed by atoms with van der Waals surface area (Å²) in [5.41, 5.74) is 7.13. The largest absolute Gasteiger partial charge is 0.332 e. The van der Waals surface area contributed by atoms with Crippen molar-refractivity contribution in [2.45, 2.75) is 20.8 Å². The first-order valence-electron chi connectivity index (χ1n) is 6.99. The normalized spacial score (nSPS) is 10.6. The van der Waals surface area contributed by atoms with E-state index in [2.05, 4.69) is 78.9 Å². The van der Waals surface area contributed by atoms with Crippen LogP contribution >= 0.6 is 11.3 Å². The van der Waals surface area contributed by atoms with Crippen molar-refractivity contribution in [2.24, 2.45) is 0 Å². The lowest BCUT2D eigenvalue weighted by Crippen LogP contribution is -1.90. The molecule has 0 aliphatic carbocycles. The molecule has 0 saturated carbocycles. The van der Waals surface area contributed by atoms with E-state index in [1.165, 1.54) is 22.3 Å². The van der Waals surface area contributed by atoms with Crippen molar-refractivity contribution in [1.82, 2.24) is 4.98 Å². The van der Waals surface area contributed by atoms with Gasteiger partial charge in [0.05, 0.1) is 5.69 Å². The number of hydrogen-bond donors (Lipinski definition) is 1. The summed E-state index contributed by atoms with van der Waals surface area (Å²) in [4.78, 5) is 4.68. The zero-order valence-electron chi connectivity index (χ0n) is 12.5. The first-order chi connectivity index (χ1) is 10.1. The summed E-state index contributed by atoms with van der Waals surface area (Å²) in [6.07, 6.45) is 0. The van der Waals surface area contributed by atoms with Gasteiger partial charge in [-0.3, -0.25) is 0 Å². The highest BCUT2D eigenvalue weighted by molar-refractivity contribution is 7.14. The molecule has 1 heterocycles. The van der Waals surface area contributed by atoms with Gasteiger partial charge in [-0.2, -0.15) is 0 Å². The first-order valence-corrected chi connectivity index (χ1v) is 7.86. The van der Waals surface area contributed by atoms with E-state index in [1.54, 1.807) is 11.3 Å². The Kier molecular flexibility index (Phi) is 3.76. The van der Waals surface area contributed by atoms with Crippen LogP contribution in [0.3, 0.4) is 0 Å². The van der Waals surface area contributed by atoms with Crippen LogP contribution in [0.5, 0.6) is 0 Å². The third-order valence-corrected chi connectivity index (χ3v) is 4.33. The Hall–Kier alpha value is -2.13. The highest BCUT2D eigenvalue weighted by Crippen LogP contribution is 2.28. The number of benzene rings is 2. The number of nitrogens with zero attached hydrogens (tertiary/aromatic N) is 1. The number of rotatable bonds is 3. The van der Waals surface area contributed by atoms with Crippen LogP contribution in [0.2, 0.25) is 0 Å². The molecule has 0 atom stereocenters. The monoisotopic (exact) mass is 294 g/mol. The Morgan fingerprint density at radius 3 is 2.57 bits per heavy atom. The summed E-state index contributed by atoms with van der Waals surface area (Å²) in [7, 11) is 0. The standard InChI is InChI=1S/C18H18N2S/c1-12-5-4-6-16(9-12)19-18-20-17(11-21-18)15-8-7-13(2)14(3)10-15/h4-11H,1-3H3,(H,19,20). The summed E-state index contributed by atoms with van der Waals surface area (Å²) >= 11 is 1.63. The van der Waals surface area contributed by atoms with Crippen LogP contribution in [-0.2, 0) is 0 Å². The molecule has 0 radical (unpaired) electrons. The molecule has 0 saturated heterocycles. The van der Waals surface area contributed by atoms with E-state index in [9.17, 15) is 0 Å². The van der Waals surface area contributed by atoms with Crippen molar-refractivity contribution in [3.63, 3.8) is 0 Å². The van der Waals surface area contributed by atoms with Crippen LogP contribution in [-0.4, -0.2) is 4.98 Å². The Bertz CT molecular complexity index is 774. The van der Waals surface area contributed by atoms with E-state index in [1.807, 2.05) is 0 Å². The Labute approximate surface area is 129 Å². The molecule has 0 unspecified atom stereocenters. The van der Waals surface area contributed by atoms with Crippen molar-refractivity contribution in [3.8, 4) is 11.3 Å². The van der Waals surface area contributed by atoms with E-state index in [-0.39, 0.29) is 0 Å². The molecular weight excluding hydrogens is 276 g/mol. The van der Waals surface area contributed by atoms with Crippen molar-refractivity contribution < 1.29 is 0 Å². The van der Waals surface area contributed by atoms with E-state index in [4.69, 9.17) is 0 Å². The van der Waals surface area contributed by atoms with Gasteiger partial charge < -0.3 is 5.32 Å². The van der Waals surface area contributed by atoms with Gasteiger partial charge in [0.15, 0.2) is 5.13 Å². The van der Waals surface area contributed by atoms with Crippen LogP contribution in [0, 0.1) is 20.8 Å². The fourth-order valence-electron chi connectivity index (χ4n) is 2.21. The summed E-state index contributed by atoms with van der Waals surface area (Å²) < 4.78 is 0.